The zero-order valence-corrected chi connectivity index (χ0v) is 18.1. The highest BCUT2D eigenvalue weighted by atomic mass is 19.1. The minimum Gasteiger partial charge on any atom is -0.508 e. The van der Waals surface area contributed by atoms with Crippen molar-refractivity contribution in [1.29, 1.82) is 0 Å². The van der Waals surface area contributed by atoms with Gasteiger partial charge in [-0.3, -0.25) is 9.59 Å². The van der Waals surface area contributed by atoms with E-state index in [1.807, 2.05) is 13.2 Å². The van der Waals surface area contributed by atoms with Crippen molar-refractivity contribution >= 4 is 11.8 Å². The number of phenols is 1. The van der Waals surface area contributed by atoms with E-state index in [1.165, 1.54) is 17.0 Å². The van der Waals surface area contributed by atoms with Crippen molar-refractivity contribution in [3.63, 3.8) is 0 Å². The third-order valence-electron chi connectivity index (χ3n) is 5.65. The van der Waals surface area contributed by atoms with E-state index in [2.05, 4.69) is 4.98 Å². The molecule has 2 atom stereocenters. The lowest BCUT2D eigenvalue weighted by molar-refractivity contribution is -0.134. The van der Waals surface area contributed by atoms with Crippen LogP contribution < -0.4 is 10.5 Å². The first-order valence-corrected chi connectivity index (χ1v) is 10.6. The number of primary amides is 1. The fourth-order valence-electron chi connectivity index (χ4n) is 3.85. The van der Waals surface area contributed by atoms with Crippen molar-refractivity contribution in [2.45, 2.75) is 25.1 Å². The molecule has 2 amide bonds. The number of nitrogens with zero attached hydrogens (tertiary/aromatic N) is 3. The lowest BCUT2D eigenvalue weighted by Gasteiger charge is -2.35. The van der Waals surface area contributed by atoms with E-state index in [1.54, 1.807) is 41.2 Å². The molecular weight excluding hydrogens is 427 g/mol. The van der Waals surface area contributed by atoms with Crippen molar-refractivity contribution in [3.8, 4) is 22.8 Å². The SMILES string of the molecule is Cn1cnc(-c2ccc(O[C@@H]3CCN(C(=O)Cc4ccc(O)cc4)C[C@H]3F)c(C(N)=O)c2)c1. The molecule has 4 rings (SSSR count). The number of aromatic nitrogens is 2. The molecule has 0 unspecified atom stereocenters. The van der Waals surface area contributed by atoms with Crippen molar-refractivity contribution in [1.82, 2.24) is 14.5 Å². The van der Waals surface area contributed by atoms with Gasteiger partial charge in [0.2, 0.25) is 5.91 Å². The number of hydrogen-bond acceptors (Lipinski definition) is 5. The molecule has 2 heterocycles. The van der Waals surface area contributed by atoms with Crippen molar-refractivity contribution in [3.05, 3.63) is 66.1 Å². The third-order valence-corrected chi connectivity index (χ3v) is 5.65. The van der Waals surface area contributed by atoms with E-state index >= 15 is 0 Å². The van der Waals surface area contributed by atoms with Gasteiger partial charge in [0.05, 0.1) is 30.6 Å². The number of rotatable bonds is 6. The highest BCUT2D eigenvalue weighted by Crippen LogP contribution is 2.29. The van der Waals surface area contributed by atoms with E-state index < -0.39 is 18.2 Å². The number of halogens is 1. The number of piperidine rings is 1. The predicted octanol–water partition coefficient (Wildman–Crippen LogP) is 2.45. The molecule has 3 N–H and O–H groups in total. The lowest BCUT2D eigenvalue weighted by Crippen LogP contribution is -2.49. The average Bonchev–Trinajstić information content (AvgIpc) is 3.23. The molecule has 0 spiro atoms. The van der Waals surface area contributed by atoms with Gasteiger partial charge in [-0.2, -0.15) is 0 Å². The quantitative estimate of drug-likeness (QED) is 0.597. The van der Waals surface area contributed by atoms with Crippen LogP contribution in [0.15, 0.2) is 55.0 Å². The van der Waals surface area contributed by atoms with Crippen LogP contribution in [0.2, 0.25) is 0 Å². The number of ether oxygens (including phenoxy) is 1. The van der Waals surface area contributed by atoms with E-state index in [0.29, 0.717) is 17.8 Å². The van der Waals surface area contributed by atoms with Gasteiger partial charge in [0, 0.05) is 31.8 Å². The number of carbonyl (C=O) groups excluding carboxylic acids is 2. The fraction of sp³-hybridized carbons (Fsp3) is 0.292. The topological polar surface area (TPSA) is 111 Å². The van der Waals surface area contributed by atoms with Crippen LogP contribution in [0.1, 0.15) is 22.3 Å². The number of amides is 2. The molecule has 1 aromatic heterocycles. The van der Waals surface area contributed by atoms with Crippen LogP contribution in [0.25, 0.3) is 11.3 Å². The minimum atomic E-state index is -1.42. The number of nitrogens with two attached hydrogens (primary N) is 1. The summed E-state index contributed by atoms with van der Waals surface area (Å²) in [5.41, 5.74) is 7.81. The van der Waals surface area contributed by atoms with Gasteiger partial charge in [0.15, 0.2) is 6.17 Å². The number of hydrogen-bond donors (Lipinski definition) is 2. The Kier molecular flexibility index (Phi) is 6.30. The standard InChI is InChI=1S/C24H25FN4O4/c1-28-13-20(27-14-28)16-4-7-21(18(11-16)24(26)32)33-22-8-9-29(12-19(22)25)23(31)10-15-2-5-17(30)6-3-15/h2-7,11,13-14,19,22,30H,8-10,12H2,1H3,(H2,26,32)/t19-,22-/m1/s1. The number of carbonyl (C=O) groups is 2. The number of benzene rings is 2. The summed E-state index contributed by atoms with van der Waals surface area (Å²) in [6, 6.07) is 11.3. The summed E-state index contributed by atoms with van der Waals surface area (Å²) >= 11 is 0. The first-order chi connectivity index (χ1) is 15.8. The Labute approximate surface area is 190 Å². The number of phenolic OH excluding ortho intramolecular Hbond substituents is 1. The van der Waals surface area contributed by atoms with Crippen molar-refractivity contribution in [2.24, 2.45) is 12.8 Å². The Balaban J connectivity index is 1.42. The molecule has 9 heteroatoms. The predicted molar refractivity (Wildman–Crippen MR) is 119 cm³/mol. The summed E-state index contributed by atoms with van der Waals surface area (Å²) in [6.07, 6.45) is 1.64. The van der Waals surface area contributed by atoms with Gasteiger partial charge < -0.3 is 25.0 Å². The second-order valence-electron chi connectivity index (χ2n) is 8.14. The molecule has 33 heavy (non-hydrogen) atoms. The highest BCUT2D eigenvalue weighted by Gasteiger charge is 2.33. The Morgan fingerprint density at radius 2 is 2.00 bits per heavy atom. The van der Waals surface area contributed by atoms with Crippen LogP contribution in [0.5, 0.6) is 11.5 Å². The van der Waals surface area contributed by atoms with E-state index in [9.17, 15) is 19.1 Å². The van der Waals surface area contributed by atoms with Crippen LogP contribution in [0.4, 0.5) is 4.39 Å². The lowest BCUT2D eigenvalue weighted by atomic mass is 10.0. The van der Waals surface area contributed by atoms with Gasteiger partial charge >= 0.3 is 0 Å². The van der Waals surface area contributed by atoms with Crippen LogP contribution in [0, 0.1) is 0 Å². The van der Waals surface area contributed by atoms with E-state index in [4.69, 9.17) is 10.5 Å². The average molecular weight is 452 g/mol. The summed E-state index contributed by atoms with van der Waals surface area (Å²) in [7, 11) is 1.84. The maximum Gasteiger partial charge on any atom is 0.252 e. The summed E-state index contributed by atoms with van der Waals surface area (Å²) in [5, 5.41) is 9.36. The fourth-order valence-corrected chi connectivity index (χ4v) is 3.85. The normalized spacial score (nSPS) is 18.2. The number of aryl methyl sites for hydroxylation is 1. The zero-order valence-electron chi connectivity index (χ0n) is 18.1. The van der Waals surface area contributed by atoms with Gasteiger partial charge in [-0.1, -0.05) is 12.1 Å². The van der Waals surface area contributed by atoms with E-state index in [-0.39, 0.29) is 42.4 Å². The molecule has 172 valence electrons. The second-order valence-corrected chi connectivity index (χ2v) is 8.14. The smallest absolute Gasteiger partial charge is 0.252 e. The summed E-state index contributed by atoms with van der Waals surface area (Å²) in [4.78, 5) is 30.3. The Hall–Kier alpha value is -3.88. The van der Waals surface area contributed by atoms with Crippen molar-refractivity contribution in [2.75, 3.05) is 13.1 Å². The molecule has 8 nitrogen and oxygen atoms in total. The first kappa shape index (κ1) is 22.3. The molecule has 0 radical (unpaired) electrons. The zero-order chi connectivity index (χ0) is 23.5. The van der Waals surface area contributed by atoms with Gasteiger partial charge in [-0.25, -0.2) is 9.37 Å². The van der Waals surface area contributed by atoms with Gasteiger partial charge in [-0.05, 0) is 35.9 Å². The van der Waals surface area contributed by atoms with Crippen molar-refractivity contribution < 1.29 is 23.8 Å². The molecule has 2 aromatic carbocycles. The largest absolute Gasteiger partial charge is 0.508 e. The molecule has 1 aliphatic rings. The molecule has 3 aromatic rings. The monoisotopic (exact) mass is 452 g/mol. The van der Waals surface area contributed by atoms with Crippen LogP contribution in [0.3, 0.4) is 0 Å². The Morgan fingerprint density at radius 1 is 1.24 bits per heavy atom. The first-order valence-electron chi connectivity index (χ1n) is 10.6. The minimum absolute atomic E-state index is 0.0977. The summed E-state index contributed by atoms with van der Waals surface area (Å²) in [5.74, 6) is -0.547. The van der Waals surface area contributed by atoms with Crippen LogP contribution in [-0.2, 0) is 18.3 Å². The van der Waals surface area contributed by atoms with Gasteiger partial charge in [0.25, 0.3) is 5.91 Å². The van der Waals surface area contributed by atoms with Gasteiger partial charge in [0.1, 0.15) is 17.6 Å². The summed E-state index contributed by atoms with van der Waals surface area (Å²) < 4.78 is 22.6. The highest BCUT2D eigenvalue weighted by molar-refractivity contribution is 5.97. The molecule has 0 bridgehead atoms. The molecule has 0 aliphatic carbocycles. The van der Waals surface area contributed by atoms with Crippen LogP contribution >= 0.6 is 0 Å². The van der Waals surface area contributed by atoms with Gasteiger partial charge in [-0.15, -0.1) is 0 Å². The number of imidazole rings is 1. The Bertz CT molecular complexity index is 1160. The molecule has 0 saturated carbocycles. The Morgan fingerprint density at radius 3 is 2.64 bits per heavy atom. The van der Waals surface area contributed by atoms with E-state index in [0.717, 1.165) is 5.56 Å². The second kappa shape index (κ2) is 9.32. The van der Waals surface area contributed by atoms with Crippen LogP contribution in [-0.4, -0.2) is 56.7 Å². The summed E-state index contributed by atoms with van der Waals surface area (Å²) in [6.45, 7) is 0.236. The number of likely N-dealkylation sites (tertiary alicyclic amines) is 1. The third kappa shape index (κ3) is 5.14. The number of aromatic hydroxyl groups is 1. The molecule has 1 aliphatic heterocycles. The molecule has 1 fully saturated rings. The maximum absolute atomic E-state index is 14.9. The molecule has 1 saturated heterocycles. The maximum atomic E-state index is 14.9. The molecular formula is C24H25FN4O4. The number of alkyl halides is 1.